The topological polar surface area (TPSA) is 69.7 Å². The number of hydrogen-bond donors (Lipinski definition) is 1. The molecule has 0 saturated heterocycles. The third-order valence-electron chi connectivity index (χ3n) is 3.77. The van der Waals surface area contributed by atoms with Crippen LogP contribution in [0.4, 0.5) is 5.69 Å². The molecule has 2 aromatic carbocycles. The maximum absolute atomic E-state index is 12.2. The number of benzene rings is 2. The van der Waals surface area contributed by atoms with Gasteiger partial charge in [0, 0.05) is 22.2 Å². The van der Waals surface area contributed by atoms with E-state index in [2.05, 4.69) is 10.3 Å². The number of aromatic nitrogens is 1. The summed E-state index contributed by atoms with van der Waals surface area (Å²) in [6.07, 6.45) is 0.186. The summed E-state index contributed by atoms with van der Waals surface area (Å²) in [6, 6.07) is 12.4. The van der Waals surface area contributed by atoms with E-state index in [4.69, 9.17) is 25.8 Å². The number of carbonyl (C=O) groups excluding carboxylic acids is 1. The van der Waals surface area contributed by atoms with E-state index in [1.165, 1.54) is 11.3 Å². The van der Waals surface area contributed by atoms with Gasteiger partial charge in [-0.3, -0.25) is 4.79 Å². The summed E-state index contributed by atoms with van der Waals surface area (Å²) in [5, 5.41) is 6.16. The van der Waals surface area contributed by atoms with Crippen molar-refractivity contribution in [2.75, 3.05) is 12.1 Å². The average molecular weight is 403 g/mol. The first-order valence-electron chi connectivity index (χ1n) is 8.17. The third kappa shape index (κ3) is 4.50. The Morgan fingerprint density at radius 2 is 2.00 bits per heavy atom. The minimum Gasteiger partial charge on any atom is -0.486 e. The predicted octanol–water partition coefficient (Wildman–Crippen LogP) is 4.29. The fraction of sp³-hybridized carbons (Fsp3) is 0.158. The maximum atomic E-state index is 12.2. The van der Waals surface area contributed by atoms with Gasteiger partial charge in [-0.25, -0.2) is 4.98 Å². The van der Waals surface area contributed by atoms with Crippen LogP contribution in [0.2, 0.25) is 5.02 Å². The molecule has 1 aliphatic rings. The van der Waals surface area contributed by atoms with E-state index in [9.17, 15) is 4.79 Å². The van der Waals surface area contributed by atoms with Gasteiger partial charge in [0.05, 0.1) is 12.1 Å². The quantitative estimate of drug-likeness (QED) is 0.666. The lowest BCUT2D eigenvalue weighted by Gasteiger charge is -2.05. The highest BCUT2D eigenvalue weighted by molar-refractivity contribution is 7.09. The molecule has 1 aliphatic heterocycles. The monoisotopic (exact) mass is 402 g/mol. The van der Waals surface area contributed by atoms with E-state index in [1.54, 1.807) is 42.5 Å². The molecule has 0 atom stereocenters. The second-order valence-corrected chi connectivity index (χ2v) is 7.15. The highest BCUT2D eigenvalue weighted by atomic mass is 35.5. The molecule has 0 radical (unpaired) electrons. The second-order valence-electron chi connectivity index (χ2n) is 5.77. The van der Waals surface area contributed by atoms with Gasteiger partial charge in [0.1, 0.15) is 17.4 Å². The number of hydrogen-bond acceptors (Lipinski definition) is 6. The summed E-state index contributed by atoms with van der Waals surface area (Å²) in [5.74, 6) is 1.88. The molecule has 0 bridgehead atoms. The van der Waals surface area contributed by atoms with Gasteiger partial charge in [0.25, 0.3) is 0 Å². The zero-order chi connectivity index (χ0) is 18.6. The van der Waals surface area contributed by atoms with Gasteiger partial charge in [-0.15, -0.1) is 11.3 Å². The lowest BCUT2D eigenvalue weighted by molar-refractivity contribution is -0.115. The largest absolute Gasteiger partial charge is 0.486 e. The molecule has 0 fully saturated rings. The van der Waals surface area contributed by atoms with Crippen molar-refractivity contribution in [1.29, 1.82) is 0 Å². The first-order chi connectivity index (χ1) is 13.2. The predicted molar refractivity (Wildman–Crippen MR) is 103 cm³/mol. The van der Waals surface area contributed by atoms with Crippen molar-refractivity contribution in [1.82, 2.24) is 4.98 Å². The smallest absolute Gasteiger partial charge is 0.231 e. The number of nitrogens with one attached hydrogen (secondary N) is 1. The average Bonchev–Trinajstić information content (AvgIpc) is 3.30. The summed E-state index contributed by atoms with van der Waals surface area (Å²) < 4.78 is 16.2. The number of halogens is 1. The number of anilines is 1. The van der Waals surface area contributed by atoms with Crippen LogP contribution in [0.25, 0.3) is 0 Å². The van der Waals surface area contributed by atoms with Gasteiger partial charge in [0.15, 0.2) is 11.5 Å². The maximum Gasteiger partial charge on any atom is 0.231 e. The van der Waals surface area contributed by atoms with Gasteiger partial charge in [-0.05, 0) is 36.4 Å². The molecule has 0 saturated carbocycles. The van der Waals surface area contributed by atoms with Gasteiger partial charge < -0.3 is 19.5 Å². The van der Waals surface area contributed by atoms with Gasteiger partial charge in [-0.1, -0.05) is 11.6 Å². The zero-order valence-electron chi connectivity index (χ0n) is 14.1. The fourth-order valence-electron chi connectivity index (χ4n) is 2.52. The van der Waals surface area contributed by atoms with E-state index in [-0.39, 0.29) is 19.1 Å². The Morgan fingerprint density at radius 3 is 2.85 bits per heavy atom. The molecule has 2 heterocycles. The molecule has 8 heteroatoms. The van der Waals surface area contributed by atoms with Crippen LogP contribution in [0.5, 0.6) is 17.2 Å². The molecule has 0 aliphatic carbocycles. The number of amides is 1. The van der Waals surface area contributed by atoms with Crippen molar-refractivity contribution in [2.24, 2.45) is 0 Å². The van der Waals surface area contributed by atoms with E-state index < -0.39 is 0 Å². The molecule has 0 unspecified atom stereocenters. The van der Waals surface area contributed by atoms with Gasteiger partial charge in [-0.2, -0.15) is 0 Å². The molecule has 4 rings (SSSR count). The molecule has 1 N–H and O–H groups in total. The molecule has 1 amide bonds. The van der Waals surface area contributed by atoms with Crippen LogP contribution in [0.1, 0.15) is 10.7 Å². The number of carbonyl (C=O) groups is 1. The number of nitrogens with zero attached hydrogens (tertiary/aromatic N) is 1. The van der Waals surface area contributed by atoms with Crippen LogP contribution in [-0.2, 0) is 17.8 Å². The molecule has 0 spiro atoms. The summed E-state index contributed by atoms with van der Waals surface area (Å²) in [7, 11) is 0. The highest BCUT2D eigenvalue weighted by Gasteiger charge is 2.15. The van der Waals surface area contributed by atoms with Crippen LogP contribution in [0.3, 0.4) is 0 Å². The number of rotatable bonds is 6. The summed E-state index contributed by atoms with van der Waals surface area (Å²) in [5.41, 5.74) is 1.36. The standard InChI is InChI=1S/C19H15ClN2O4S/c20-12-1-4-15(5-2-12)24-9-19-22-14(10-27-19)8-18(23)21-13-3-6-16-17(7-13)26-11-25-16/h1-7,10H,8-9,11H2,(H,21,23). The summed E-state index contributed by atoms with van der Waals surface area (Å²) in [6.45, 7) is 0.544. The van der Waals surface area contributed by atoms with E-state index in [1.807, 2.05) is 5.38 Å². The highest BCUT2D eigenvalue weighted by Crippen LogP contribution is 2.34. The van der Waals surface area contributed by atoms with Crippen molar-refractivity contribution in [3.8, 4) is 17.2 Å². The molecule has 1 aromatic heterocycles. The Labute approximate surface area is 164 Å². The number of thiazole rings is 1. The summed E-state index contributed by atoms with van der Waals surface area (Å²) in [4.78, 5) is 16.7. The normalized spacial score (nSPS) is 12.0. The van der Waals surface area contributed by atoms with Crippen LogP contribution in [-0.4, -0.2) is 17.7 Å². The molecule has 138 valence electrons. The minimum atomic E-state index is -0.149. The minimum absolute atomic E-state index is 0.149. The van der Waals surface area contributed by atoms with Crippen molar-refractivity contribution in [2.45, 2.75) is 13.0 Å². The van der Waals surface area contributed by atoms with Crippen molar-refractivity contribution in [3.05, 3.63) is 63.6 Å². The first kappa shape index (κ1) is 17.6. The summed E-state index contributed by atoms with van der Waals surface area (Å²) >= 11 is 7.31. The SMILES string of the molecule is O=C(Cc1csc(COc2ccc(Cl)cc2)n1)Nc1ccc2c(c1)OCO2. The number of ether oxygens (including phenoxy) is 3. The fourth-order valence-corrected chi connectivity index (χ4v) is 3.35. The van der Waals surface area contributed by atoms with Crippen LogP contribution in [0, 0.1) is 0 Å². The third-order valence-corrected chi connectivity index (χ3v) is 4.90. The molecular formula is C19H15ClN2O4S. The Morgan fingerprint density at radius 1 is 1.19 bits per heavy atom. The Hall–Kier alpha value is -2.77. The van der Waals surface area contributed by atoms with Crippen molar-refractivity contribution in [3.63, 3.8) is 0 Å². The van der Waals surface area contributed by atoms with E-state index in [0.29, 0.717) is 34.5 Å². The van der Waals surface area contributed by atoms with Crippen molar-refractivity contribution >= 4 is 34.5 Å². The Bertz CT molecular complexity index is 959. The zero-order valence-corrected chi connectivity index (χ0v) is 15.7. The van der Waals surface area contributed by atoms with E-state index >= 15 is 0 Å². The molecule has 6 nitrogen and oxygen atoms in total. The van der Waals surface area contributed by atoms with Crippen LogP contribution < -0.4 is 19.5 Å². The number of fused-ring (bicyclic) bond motifs is 1. The van der Waals surface area contributed by atoms with Gasteiger partial charge in [0.2, 0.25) is 12.7 Å². The molecular weight excluding hydrogens is 388 g/mol. The second kappa shape index (κ2) is 7.85. The van der Waals surface area contributed by atoms with Crippen molar-refractivity contribution < 1.29 is 19.0 Å². The first-order valence-corrected chi connectivity index (χ1v) is 9.42. The van der Waals surface area contributed by atoms with Crippen LogP contribution in [0.15, 0.2) is 47.8 Å². The lowest BCUT2D eigenvalue weighted by Crippen LogP contribution is -2.14. The van der Waals surface area contributed by atoms with Gasteiger partial charge >= 0.3 is 0 Å². The van der Waals surface area contributed by atoms with Crippen LogP contribution >= 0.6 is 22.9 Å². The Kier molecular flexibility index (Phi) is 5.13. The Balaban J connectivity index is 1.30. The lowest BCUT2D eigenvalue weighted by atomic mass is 10.2. The molecule has 3 aromatic rings. The molecule has 27 heavy (non-hydrogen) atoms. The van der Waals surface area contributed by atoms with E-state index in [0.717, 1.165) is 10.8 Å².